The Hall–Kier alpha value is -2.75. The molecular weight excluding hydrogens is 458 g/mol. The first-order valence-corrected chi connectivity index (χ1v) is 12.7. The minimum absolute atomic E-state index is 0.183. The van der Waals surface area contributed by atoms with E-state index in [0.717, 1.165) is 11.1 Å². The molecule has 0 aliphatic carbocycles. The van der Waals surface area contributed by atoms with Gasteiger partial charge < -0.3 is 25.4 Å². The number of benzene rings is 1. The van der Waals surface area contributed by atoms with Crippen molar-refractivity contribution in [3.63, 3.8) is 0 Å². The molecule has 1 aromatic carbocycles. The Morgan fingerprint density at radius 1 is 1.15 bits per heavy atom. The zero-order valence-corrected chi connectivity index (χ0v) is 21.2. The number of aliphatic carboxylic acids is 1. The van der Waals surface area contributed by atoms with Crippen LogP contribution in [0.15, 0.2) is 24.3 Å². The van der Waals surface area contributed by atoms with Crippen molar-refractivity contribution in [2.24, 2.45) is 0 Å². The monoisotopic (exact) mass is 493 g/mol. The van der Waals surface area contributed by atoms with Gasteiger partial charge in [-0.2, -0.15) is 11.8 Å². The molecule has 9 nitrogen and oxygen atoms in total. The summed E-state index contributed by atoms with van der Waals surface area (Å²) >= 11 is 1.49. The zero-order chi connectivity index (χ0) is 25.5. The Kier molecular flexibility index (Phi) is 9.78. The van der Waals surface area contributed by atoms with Gasteiger partial charge in [0.05, 0.1) is 0 Å². The maximum atomic E-state index is 13.5. The molecular formula is C24H35N3O6S. The number of nitrogens with zero attached hydrogens (tertiary/aromatic N) is 1. The molecule has 1 aromatic rings. The lowest BCUT2D eigenvalue weighted by atomic mass is 9.92. The Morgan fingerprint density at radius 2 is 1.79 bits per heavy atom. The van der Waals surface area contributed by atoms with Gasteiger partial charge in [0, 0.05) is 13.0 Å². The number of fused-ring (bicyclic) bond motifs is 1. The molecule has 3 atom stereocenters. The third kappa shape index (κ3) is 7.65. The quantitative estimate of drug-likeness (QED) is 0.483. The summed E-state index contributed by atoms with van der Waals surface area (Å²) in [5, 5.41) is 14.7. The van der Waals surface area contributed by atoms with Crippen LogP contribution >= 0.6 is 11.8 Å². The molecule has 0 bridgehead atoms. The van der Waals surface area contributed by atoms with Crippen LogP contribution in [0.1, 0.15) is 51.7 Å². The number of hydrogen-bond donors (Lipinski definition) is 3. The second-order valence-corrected chi connectivity index (χ2v) is 10.2. The predicted molar refractivity (Wildman–Crippen MR) is 130 cm³/mol. The summed E-state index contributed by atoms with van der Waals surface area (Å²) in [6.45, 7) is 7.13. The van der Waals surface area contributed by atoms with Crippen LogP contribution in [0.3, 0.4) is 0 Å². The van der Waals surface area contributed by atoms with Gasteiger partial charge in [0.15, 0.2) is 0 Å². The molecule has 0 radical (unpaired) electrons. The molecule has 0 spiro atoms. The molecule has 0 saturated carbocycles. The summed E-state index contributed by atoms with van der Waals surface area (Å²) in [7, 11) is 0. The SMILES string of the molecule is CC[C@@H](NC(=O)OC(C)(C)C)C(=O)N1Cc2ccccc2C[C@@H]1C(=O)N[C@@H](CCSC)C(=O)O. The van der Waals surface area contributed by atoms with Gasteiger partial charge in [0.25, 0.3) is 0 Å². The molecule has 1 aliphatic rings. The van der Waals surface area contributed by atoms with E-state index in [4.69, 9.17) is 4.74 Å². The maximum Gasteiger partial charge on any atom is 0.408 e. The van der Waals surface area contributed by atoms with Gasteiger partial charge in [-0.3, -0.25) is 9.59 Å². The molecule has 0 fully saturated rings. The second kappa shape index (κ2) is 12.1. The van der Waals surface area contributed by atoms with Gasteiger partial charge in [-0.15, -0.1) is 0 Å². The van der Waals surface area contributed by atoms with Crippen LogP contribution in [0, 0.1) is 0 Å². The molecule has 3 N–H and O–H groups in total. The van der Waals surface area contributed by atoms with E-state index in [0.29, 0.717) is 12.2 Å². The predicted octanol–water partition coefficient (Wildman–Crippen LogP) is 2.57. The lowest BCUT2D eigenvalue weighted by Crippen LogP contribution is -2.59. The number of carbonyl (C=O) groups is 4. The van der Waals surface area contributed by atoms with Crippen LogP contribution in [0.5, 0.6) is 0 Å². The van der Waals surface area contributed by atoms with Crippen LogP contribution in [0.25, 0.3) is 0 Å². The number of rotatable bonds is 9. The van der Waals surface area contributed by atoms with Gasteiger partial charge in [-0.05, 0) is 56.7 Å². The Labute approximate surface area is 205 Å². The fourth-order valence-corrected chi connectivity index (χ4v) is 4.21. The van der Waals surface area contributed by atoms with E-state index in [9.17, 15) is 24.3 Å². The number of carboxylic acid groups (broad SMARTS) is 1. The number of hydrogen-bond acceptors (Lipinski definition) is 6. The minimum atomic E-state index is -1.12. The zero-order valence-electron chi connectivity index (χ0n) is 20.4. The fraction of sp³-hybridized carbons (Fsp3) is 0.583. The van der Waals surface area contributed by atoms with E-state index in [-0.39, 0.29) is 19.4 Å². The molecule has 1 heterocycles. The third-order valence-electron chi connectivity index (χ3n) is 5.46. The summed E-state index contributed by atoms with van der Waals surface area (Å²) in [4.78, 5) is 52.1. The molecule has 0 unspecified atom stereocenters. The molecule has 0 saturated heterocycles. The van der Waals surface area contributed by atoms with Crippen molar-refractivity contribution in [1.82, 2.24) is 15.5 Å². The Morgan fingerprint density at radius 3 is 2.35 bits per heavy atom. The highest BCUT2D eigenvalue weighted by molar-refractivity contribution is 7.98. The molecule has 1 aliphatic heterocycles. The van der Waals surface area contributed by atoms with Crippen LogP contribution in [-0.4, -0.2) is 69.6 Å². The van der Waals surface area contributed by atoms with E-state index in [1.807, 2.05) is 30.5 Å². The van der Waals surface area contributed by atoms with E-state index < -0.39 is 47.6 Å². The van der Waals surface area contributed by atoms with Crippen LogP contribution in [0.2, 0.25) is 0 Å². The van der Waals surface area contributed by atoms with Crippen molar-refractivity contribution < 1.29 is 29.0 Å². The smallest absolute Gasteiger partial charge is 0.408 e. The molecule has 2 rings (SSSR count). The van der Waals surface area contributed by atoms with Crippen LogP contribution < -0.4 is 10.6 Å². The first kappa shape index (κ1) is 27.5. The van der Waals surface area contributed by atoms with E-state index >= 15 is 0 Å². The lowest BCUT2D eigenvalue weighted by molar-refractivity contribution is -0.146. The van der Waals surface area contributed by atoms with Crippen molar-refractivity contribution in [3.05, 3.63) is 35.4 Å². The molecule has 10 heteroatoms. The van der Waals surface area contributed by atoms with E-state index in [2.05, 4.69) is 10.6 Å². The van der Waals surface area contributed by atoms with Gasteiger partial charge in [-0.25, -0.2) is 9.59 Å². The number of ether oxygens (including phenoxy) is 1. The summed E-state index contributed by atoms with van der Waals surface area (Å²) in [6.07, 6.45) is 1.98. The summed E-state index contributed by atoms with van der Waals surface area (Å²) < 4.78 is 5.29. The van der Waals surface area contributed by atoms with Crippen molar-refractivity contribution >= 4 is 35.6 Å². The van der Waals surface area contributed by atoms with Crippen LogP contribution in [0.4, 0.5) is 4.79 Å². The summed E-state index contributed by atoms with van der Waals surface area (Å²) in [5.74, 6) is -1.48. The standard InChI is InChI=1S/C24H35N3O6S/c1-6-17(26-23(32)33-24(2,3)4)21(29)27-14-16-10-8-7-9-15(16)13-19(27)20(28)25-18(22(30)31)11-12-34-5/h7-10,17-19H,6,11-14H2,1-5H3,(H,25,28)(H,26,32)(H,30,31)/t17-,18+,19-/m1/s1. The average molecular weight is 494 g/mol. The minimum Gasteiger partial charge on any atom is -0.480 e. The number of carbonyl (C=O) groups excluding carboxylic acids is 3. The molecule has 188 valence electrons. The Balaban J connectivity index is 2.28. The number of amides is 3. The number of alkyl carbamates (subject to hydrolysis) is 1. The number of nitrogens with one attached hydrogen (secondary N) is 2. The van der Waals surface area contributed by atoms with Crippen molar-refractivity contribution in [2.75, 3.05) is 12.0 Å². The molecule has 3 amide bonds. The van der Waals surface area contributed by atoms with E-state index in [1.54, 1.807) is 27.7 Å². The summed E-state index contributed by atoms with van der Waals surface area (Å²) in [5.41, 5.74) is 1.11. The third-order valence-corrected chi connectivity index (χ3v) is 6.10. The first-order valence-electron chi connectivity index (χ1n) is 11.4. The molecule has 0 aromatic heterocycles. The van der Waals surface area contributed by atoms with Gasteiger partial charge in [0.1, 0.15) is 23.7 Å². The highest BCUT2D eigenvalue weighted by Crippen LogP contribution is 2.25. The normalized spacial score (nSPS) is 17.2. The van der Waals surface area contributed by atoms with Gasteiger partial charge >= 0.3 is 12.1 Å². The Bertz CT molecular complexity index is 901. The highest BCUT2D eigenvalue weighted by atomic mass is 32.2. The maximum absolute atomic E-state index is 13.5. The van der Waals surface area contributed by atoms with Crippen molar-refractivity contribution in [3.8, 4) is 0 Å². The van der Waals surface area contributed by atoms with Crippen molar-refractivity contribution in [2.45, 2.75) is 77.2 Å². The number of thioether (sulfide) groups is 1. The average Bonchev–Trinajstić information content (AvgIpc) is 2.77. The fourth-order valence-electron chi connectivity index (χ4n) is 3.74. The van der Waals surface area contributed by atoms with E-state index in [1.165, 1.54) is 16.7 Å². The largest absolute Gasteiger partial charge is 0.480 e. The lowest BCUT2D eigenvalue weighted by Gasteiger charge is -2.38. The van der Waals surface area contributed by atoms with Gasteiger partial charge in [0.2, 0.25) is 11.8 Å². The molecule has 34 heavy (non-hydrogen) atoms. The first-order chi connectivity index (χ1) is 16.0. The van der Waals surface area contributed by atoms with Crippen LogP contribution in [-0.2, 0) is 32.1 Å². The van der Waals surface area contributed by atoms with Gasteiger partial charge in [-0.1, -0.05) is 31.2 Å². The van der Waals surface area contributed by atoms with Crippen molar-refractivity contribution in [1.29, 1.82) is 0 Å². The summed E-state index contributed by atoms with van der Waals surface area (Å²) in [6, 6.07) is 4.69. The second-order valence-electron chi connectivity index (χ2n) is 9.24. The number of carboxylic acids is 1. The topological polar surface area (TPSA) is 125 Å². The highest BCUT2D eigenvalue weighted by Gasteiger charge is 2.39.